The molecule has 0 atom stereocenters. The van der Waals surface area contributed by atoms with Crippen molar-refractivity contribution >= 4 is 11.9 Å². The molecule has 0 amide bonds. The van der Waals surface area contributed by atoms with E-state index in [1.54, 1.807) is 11.0 Å². The summed E-state index contributed by atoms with van der Waals surface area (Å²) in [4.78, 5) is 14.1. The predicted molar refractivity (Wildman–Crippen MR) is 82.6 cm³/mol. The molecule has 0 saturated carbocycles. The Hall–Kier alpha value is -3.23. The highest BCUT2D eigenvalue weighted by atomic mass is 16.5. The minimum absolute atomic E-state index is 0.155. The Kier molecular flexibility index (Phi) is 4.00. The van der Waals surface area contributed by atoms with Gasteiger partial charge in [-0.2, -0.15) is 15.0 Å². The van der Waals surface area contributed by atoms with Gasteiger partial charge in [0.05, 0.1) is 0 Å². The van der Waals surface area contributed by atoms with Gasteiger partial charge in [-0.3, -0.25) is 0 Å². The summed E-state index contributed by atoms with van der Waals surface area (Å²) in [6.45, 7) is 0.168. The molecule has 118 valence electrons. The molecule has 0 aliphatic heterocycles. The number of nitrogens with zero attached hydrogens (tertiary/aromatic N) is 6. The van der Waals surface area contributed by atoms with Crippen molar-refractivity contribution in [2.45, 2.75) is 6.61 Å². The predicted octanol–water partition coefficient (Wildman–Crippen LogP) is 1.15. The lowest BCUT2D eigenvalue weighted by Crippen LogP contribution is -2.16. The van der Waals surface area contributed by atoms with Crippen molar-refractivity contribution < 1.29 is 9.15 Å². The van der Waals surface area contributed by atoms with Gasteiger partial charge in [-0.15, -0.1) is 10.2 Å². The molecule has 2 aromatic heterocycles. The van der Waals surface area contributed by atoms with E-state index in [4.69, 9.17) is 14.9 Å². The first kappa shape index (κ1) is 14.7. The third-order valence-electron chi connectivity index (χ3n) is 2.90. The van der Waals surface area contributed by atoms with Gasteiger partial charge in [-0.25, -0.2) is 0 Å². The minimum Gasteiger partial charge on any atom is -0.486 e. The van der Waals surface area contributed by atoms with Crippen molar-refractivity contribution in [3.8, 4) is 17.2 Å². The van der Waals surface area contributed by atoms with Crippen molar-refractivity contribution in [1.82, 2.24) is 25.1 Å². The monoisotopic (exact) mass is 313 g/mol. The second kappa shape index (κ2) is 6.26. The van der Waals surface area contributed by atoms with Crippen LogP contribution in [0.1, 0.15) is 5.82 Å². The maximum Gasteiger partial charge on any atom is 0.247 e. The molecule has 0 spiro atoms. The number of rotatable bonds is 5. The number of aromatic nitrogens is 5. The smallest absolute Gasteiger partial charge is 0.247 e. The van der Waals surface area contributed by atoms with Crippen LogP contribution in [0.4, 0.5) is 11.9 Å². The van der Waals surface area contributed by atoms with Gasteiger partial charge in [-0.05, 0) is 18.2 Å². The molecular weight excluding hydrogens is 298 g/mol. The molecule has 1 aromatic carbocycles. The molecular formula is C14H15N7O2. The van der Waals surface area contributed by atoms with Crippen LogP contribution in [0.5, 0.6) is 5.75 Å². The number of hydrogen-bond donors (Lipinski definition) is 1. The van der Waals surface area contributed by atoms with Crippen molar-refractivity contribution in [1.29, 1.82) is 0 Å². The maximum atomic E-state index is 5.70. The average molecular weight is 313 g/mol. The number of nitrogens with two attached hydrogens (primary N) is 1. The van der Waals surface area contributed by atoms with Crippen LogP contribution in [0.3, 0.4) is 0 Å². The fraction of sp³-hybridized carbons (Fsp3) is 0.214. The fourth-order valence-corrected chi connectivity index (χ4v) is 1.86. The summed E-state index contributed by atoms with van der Waals surface area (Å²) in [7, 11) is 3.65. The van der Waals surface area contributed by atoms with Crippen LogP contribution in [0.2, 0.25) is 0 Å². The molecule has 0 unspecified atom stereocenters. The van der Waals surface area contributed by atoms with Gasteiger partial charge in [0.15, 0.2) is 5.82 Å². The van der Waals surface area contributed by atoms with E-state index in [0.717, 1.165) is 5.56 Å². The summed E-state index contributed by atoms with van der Waals surface area (Å²) in [6.07, 6.45) is 1.28. The summed E-state index contributed by atoms with van der Waals surface area (Å²) >= 11 is 0. The molecule has 9 nitrogen and oxygen atoms in total. The van der Waals surface area contributed by atoms with Gasteiger partial charge < -0.3 is 19.8 Å². The van der Waals surface area contributed by atoms with Gasteiger partial charge in [0.1, 0.15) is 12.4 Å². The standard InChI is InChI=1S/C14H15N7O2/c1-21(2)14-18-11(17-13(15)19-14)7-22-10-5-3-4-9(6-10)12-20-16-8-23-12/h3-6,8H,7H2,1-2H3,(H2,15,17,18,19). The summed E-state index contributed by atoms with van der Waals surface area (Å²) < 4.78 is 10.9. The van der Waals surface area contributed by atoms with Gasteiger partial charge in [0.25, 0.3) is 0 Å². The Morgan fingerprint density at radius 2 is 2.09 bits per heavy atom. The molecule has 0 aliphatic rings. The maximum absolute atomic E-state index is 5.70. The number of ether oxygens (including phenoxy) is 1. The van der Waals surface area contributed by atoms with Gasteiger partial charge in [0.2, 0.25) is 24.2 Å². The molecule has 2 N–H and O–H groups in total. The highest BCUT2D eigenvalue weighted by Gasteiger charge is 2.08. The van der Waals surface area contributed by atoms with Crippen LogP contribution < -0.4 is 15.4 Å². The molecule has 0 radical (unpaired) electrons. The van der Waals surface area contributed by atoms with Gasteiger partial charge in [0, 0.05) is 19.7 Å². The first-order valence-electron chi connectivity index (χ1n) is 6.79. The highest BCUT2D eigenvalue weighted by Crippen LogP contribution is 2.22. The number of hydrogen-bond acceptors (Lipinski definition) is 9. The minimum atomic E-state index is 0.155. The quantitative estimate of drug-likeness (QED) is 0.740. The lowest BCUT2D eigenvalue weighted by Gasteiger charge is -2.12. The zero-order valence-electron chi connectivity index (χ0n) is 12.7. The van der Waals surface area contributed by atoms with E-state index in [-0.39, 0.29) is 12.6 Å². The topological polar surface area (TPSA) is 116 Å². The van der Waals surface area contributed by atoms with Crippen LogP contribution in [-0.4, -0.2) is 39.2 Å². The molecule has 0 saturated heterocycles. The Morgan fingerprint density at radius 3 is 2.83 bits per heavy atom. The third-order valence-corrected chi connectivity index (χ3v) is 2.90. The number of benzene rings is 1. The van der Waals surface area contributed by atoms with Gasteiger partial charge >= 0.3 is 0 Å². The third kappa shape index (κ3) is 3.51. The summed E-state index contributed by atoms with van der Waals surface area (Å²) in [5, 5.41) is 7.52. The SMILES string of the molecule is CN(C)c1nc(N)nc(COc2cccc(-c3nnco3)c2)n1. The first-order valence-corrected chi connectivity index (χ1v) is 6.79. The normalized spacial score (nSPS) is 10.5. The Balaban J connectivity index is 1.75. The molecule has 0 aliphatic carbocycles. The molecule has 0 bridgehead atoms. The summed E-state index contributed by atoms with van der Waals surface area (Å²) in [6, 6.07) is 7.30. The van der Waals surface area contributed by atoms with Crippen LogP contribution in [0.15, 0.2) is 35.1 Å². The van der Waals surface area contributed by atoms with E-state index in [2.05, 4.69) is 25.1 Å². The van der Waals surface area contributed by atoms with E-state index in [1.807, 2.05) is 32.3 Å². The summed E-state index contributed by atoms with van der Waals surface area (Å²) in [5.74, 6) is 2.14. The summed E-state index contributed by atoms with van der Waals surface area (Å²) in [5.41, 5.74) is 6.45. The molecule has 9 heteroatoms. The zero-order valence-corrected chi connectivity index (χ0v) is 12.7. The van der Waals surface area contributed by atoms with Crippen LogP contribution in [0.25, 0.3) is 11.5 Å². The Labute approximate surface area is 132 Å². The molecule has 2 heterocycles. The van der Waals surface area contributed by atoms with Crippen LogP contribution >= 0.6 is 0 Å². The van der Waals surface area contributed by atoms with Crippen molar-refractivity contribution in [3.63, 3.8) is 0 Å². The largest absolute Gasteiger partial charge is 0.486 e. The molecule has 23 heavy (non-hydrogen) atoms. The Bertz CT molecular complexity index is 790. The van der Waals surface area contributed by atoms with Crippen LogP contribution in [-0.2, 0) is 6.61 Å². The van der Waals surface area contributed by atoms with Gasteiger partial charge in [-0.1, -0.05) is 6.07 Å². The average Bonchev–Trinajstić information content (AvgIpc) is 3.07. The lowest BCUT2D eigenvalue weighted by atomic mass is 10.2. The van der Waals surface area contributed by atoms with E-state index in [0.29, 0.717) is 23.4 Å². The molecule has 3 aromatic rings. The fourth-order valence-electron chi connectivity index (χ4n) is 1.86. The second-order valence-electron chi connectivity index (χ2n) is 4.86. The Morgan fingerprint density at radius 1 is 1.22 bits per heavy atom. The van der Waals surface area contributed by atoms with E-state index >= 15 is 0 Å². The zero-order chi connectivity index (χ0) is 16.2. The number of anilines is 2. The van der Waals surface area contributed by atoms with Crippen LogP contribution in [0, 0.1) is 0 Å². The first-order chi connectivity index (χ1) is 11.1. The van der Waals surface area contributed by atoms with E-state index < -0.39 is 0 Å². The van der Waals surface area contributed by atoms with Crippen molar-refractivity contribution in [2.24, 2.45) is 0 Å². The van der Waals surface area contributed by atoms with E-state index in [9.17, 15) is 0 Å². The van der Waals surface area contributed by atoms with Crippen molar-refractivity contribution in [3.05, 3.63) is 36.5 Å². The van der Waals surface area contributed by atoms with E-state index in [1.165, 1.54) is 6.39 Å². The number of nitrogen functional groups attached to an aromatic ring is 1. The van der Waals surface area contributed by atoms with Crippen molar-refractivity contribution in [2.75, 3.05) is 24.7 Å². The second-order valence-corrected chi connectivity index (χ2v) is 4.86. The highest BCUT2D eigenvalue weighted by molar-refractivity contribution is 5.55. The lowest BCUT2D eigenvalue weighted by molar-refractivity contribution is 0.296. The molecule has 0 fully saturated rings. The molecule has 3 rings (SSSR count).